The molecule has 7 aromatic rings. The molecular formula is C45H37N3+2. The minimum atomic E-state index is -0.123. The largest absolute Gasteiger partial charge is 0.384 e. The number of allylic oxidation sites excluding steroid dienone is 2. The quantitative estimate of drug-likeness (QED) is 0.190. The highest BCUT2D eigenvalue weighted by Gasteiger charge is 2.47. The van der Waals surface area contributed by atoms with Crippen LogP contribution in [-0.2, 0) is 5.41 Å². The SMILES string of the molecule is CC1(C)c2ccccc2-c2c1c1c3ccccc3n(-c3ccc([N+]4=C(c5ccccc5)[NH2+]C4C4=CCCC=C4)cc3)c1c1ccccc21. The first-order valence-corrected chi connectivity index (χ1v) is 17.2. The predicted molar refractivity (Wildman–Crippen MR) is 198 cm³/mol. The number of para-hydroxylation sites is 1. The summed E-state index contributed by atoms with van der Waals surface area (Å²) in [4.78, 5) is 0. The average molecular weight is 620 g/mol. The molecule has 0 amide bonds. The third kappa shape index (κ3) is 3.77. The van der Waals surface area contributed by atoms with Crippen LogP contribution in [0, 0.1) is 0 Å². The highest BCUT2D eigenvalue weighted by molar-refractivity contribution is 6.25. The molecule has 1 atom stereocenters. The maximum absolute atomic E-state index is 2.52. The minimum absolute atomic E-state index is 0.123. The molecule has 0 bridgehead atoms. The number of benzene rings is 6. The van der Waals surface area contributed by atoms with Crippen molar-refractivity contribution < 1.29 is 9.89 Å². The number of amidine groups is 1. The summed E-state index contributed by atoms with van der Waals surface area (Å²) >= 11 is 0. The van der Waals surface area contributed by atoms with Gasteiger partial charge in [-0.1, -0.05) is 122 Å². The zero-order chi connectivity index (χ0) is 32.0. The first kappa shape index (κ1) is 27.6. The van der Waals surface area contributed by atoms with Crippen LogP contribution < -0.4 is 5.32 Å². The van der Waals surface area contributed by atoms with Gasteiger partial charge in [0.15, 0.2) is 0 Å². The Morgan fingerprint density at radius 1 is 0.708 bits per heavy atom. The maximum atomic E-state index is 2.52. The van der Waals surface area contributed by atoms with Crippen LogP contribution in [0.1, 0.15) is 43.4 Å². The Morgan fingerprint density at radius 3 is 2.21 bits per heavy atom. The van der Waals surface area contributed by atoms with Gasteiger partial charge in [-0.05, 0) is 70.8 Å². The lowest BCUT2D eigenvalue weighted by molar-refractivity contribution is -0.844. The number of nitrogens with two attached hydrogens (primary N) is 1. The van der Waals surface area contributed by atoms with E-state index in [0.717, 1.165) is 12.8 Å². The highest BCUT2D eigenvalue weighted by Crippen LogP contribution is 2.56. The molecule has 0 radical (unpaired) electrons. The van der Waals surface area contributed by atoms with Gasteiger partial charge < -0.3 is 4.57 Å². The lowest BCUT2D eigenvalue weighted by Crippen LogP contribution is -3.05. The second kappa shape index (κ2) is 10.2. The molecule has 1 unspecified atom stereocenters. The summed E-state index contributed by atoms with van der Waals surface area (Å²) in [6.07, 6.45) is 9.51. The first-order valence-electron chi connectivity index (χ1n) is 17.2. The third-order valence-corrected chi connectivity index (χ3v) is 11.0. The van der Waals surface area contributed by atoms with Gasteiger partial charge in [-0.2, -0.15) is 5.32 Å². The van der Waals surface area contributed by atoms with Crippen LogP contribution in [0.25, 0.3) is 49.4 Å². The van der Waals surface area contributed by atoms with Crippen LogP contribution in [0.2, 0.25) is 0 Å². The first-order chi connectivity index (χ1) is 23.6. The summed E-state index contributed by atoms with van der Waals surface area (Å²) in [5.74, 6) is 1.27. The van der Waals surface area contributed by atoms with Gasteiger partial charge >= 0.3 is 12.0 Å². The summed E-state index contributed by atoms with van der Waals surface area (Å²) in [5, 5.41) is 7.73. The van der Waals surface area contributed by atoms with E-state index < -0.39 is 0 Å². The fraction of sp³-hybridized carbons (Fsp3) is 0.133. The molecule has 0 saturated heterocycles. The normalized spacial score (nSPS) is 17.9. The van der Waals surface area contributed by atoms with Crippen molar-refractivity contribution in [2.75, 3.05) is 0 Å². The van der Waals surface area contributed by atoms with Crippen LogP contribution in [0.4, 0.5) is 5.69 Å². The van der Waals surface area contributed by atoms with E-state index in [0.29, 0.717) is 0 Å². The highest BCUT2D eigenvalue weighted by atomic mass is 15.3. The smallest absolute Gasteiger partial charge is 0.309 e. The van der Waals surface area contributed by atoms with E-state index in [1.165, 1.54) is 83.2 Å². The molecule has 0 saturated carbocycles. The van der Waals surface area contributed by atoms with Crippen molar-refractivity contribution in [1.29, 1.82) is 0 Å². The van der Waals surface area contributed by atoms with E-state index in [2.05, 4.69) is 174 Å². The van der Waals surface area contributed by atoms with E-state index in [1.807, 2.05) is 0 Å². The predicted octanol–water partition coefficient (Wildman–Crippen LogP) is 9.51. The van der Waals surface area contributed by atoms with Crippen molar-refractivity contribution in [2.45, 2.75) is 38.3 Å². The molecule has 2 aliphatic carbocycles. The van der Waals surface area contributed by atoms with Crippen molar-refractivity contribution in [2.24, 2.45) is 0 Å². The van der Waals surface area contributed by atoms with Crippen LogP contribution in [0.15, 0.2) is 151 Å². The van der Waals surface area contributed by atoms with E-state index in [9.17, 15) is 0 Å². The van der Waals surface area contributed by atoms with Gasteiger partial charge in [-0.25, -0.2) is 0 Å². The molecule has 3 aliphatic rings. The Balaban J connectivity index is 1.21. The van der Waals surface area contributed by atoms with Crippen LogP contribution in [0.5, 0.6) is 0 Å². The van der Waals surface area contributed by atoms with Crippen molar-refractivity contribution >= 4 is 44.1 Å². The zero-order valence-corrected chi connectivity index (χ0v) is 27.3. The van der Waals surface area contributed by atoms with E-state index in [-0.39, 0.29) is 11.6 Å². The molecule has 1 aliphatic heterocycles. The summed E-state index contributed by atoms with van der Waals surface area (Å²) in [6.45, 7) is 4.82. The summed E-state index contributed by atoms with van der Waals surface area (Å²) < 4.78 is 5.03. The summed E-state index contributed by atoms with van der Waals surface area (Å²) in [5.41, 5.74) is 13.1. The number of nitrogens with zero attached hydrogens (tertiary/aromatic N) is 2. The van der Waals surface area contributed by atoms with Gasteiger partial charge in [-0.3, -0.25) is 0 Å². The van der Waals surface area contributed by atoms with Crippen molar-refractivity contribution in [3.05, 3.63) is 168 Å². The molecule has 3 heteroatoms. The monoisotopic (exact) mass is 619 g/mol. The van der Waals surface area contributed by atoms with Crippen LogP contribution in [0.3, 0.4) is 0 Å². The summed E-state index contributed by atoms with van der Waals surface area (Å²) in [6, 6.07) is 47.2. The Labute approximate surface area is 280 Å². The lowest BCUT2D eigenvalue weighted by Gasteiger charge is -2.25. The molecule has 0 fully saturated rings. The number of aromatic nitrogens is 1. The van der Waals surface area contributed by atoms with Gasteiger partial charge in [0.05, 0.1) is 16.6 Å². The molecule has 1 aromatic heterocycles. The lowest BCUT2D eigenvalue weighted by atomic mass is 9.79. The standard InChI is InChI=1S/C45H35N3/c1-45(2)37-23-13-11-21-35(37)39-33-19-9-10-20-34(33)42-40(41(39)45)36-22-12-14-24-38(36)47(42)31-25-27-32(28-26-31)48-43(29-15-5-3-6-16-29)46-44(48)30-17-7-4-8-18-30/h3,5-7,9-28,44H,4,8H2,1-2H3/p+2. The molecule has 48 heavy (non-hydrogen) atoms. The van der Waals surface area contributed by atoms with Crippen molar-refractivity contribution in [1.82, 2.24) is 4.57 Å². The Bertz CT molecular complexity index is 2540. The molecule has 3 nitrogen and oxygen atoms in total. The van der Waals surface area contributed by atoms with E-state index in [4.69, 9.17) is 0 Å². The molecule has 6 aromatic carbocycles. The minimum Gasteiger partial charge on any atom is -0.309 e. The second-order valence-corrected chi connectivity index (χ2v) is 14.0. The number of rotatable bonds is 4. The Kier molecular flexibility index (Phi) is 5.89. The van der Waals surface area contributed by atoms with Crippen molar-refractivity contribution in [3.8, 4) is 16.8 Å². The fourth-order valence-corrected chi connectivity index (χ4v) is 8.85. The topological polar surface area (TPSA) is 24.5 Å². The second-order valence-electron chi connectivity index (χ2n) is 14.0. The van der Waals surface area contributed by atoms with Gasteiger partial charge in [0.25, 0.3) is 0 Å². The van der Waals surface area contributed by atoms with Gasteiger partial charge in [0.2, 0.25) is 5.69 Å². The third-order valence-electron chi connectivity index (χ3n) is 11.0. The molecule has 0 spiro atoms. The molecular weight excluding hydrogens is 583 g/mol. The number of quaternary nitrogens is 1. The van der Waals surface area contributed by atoms with Gasteiger partial charge in [0.1, 0.15) is 5.56 Å². The molecule has 230 valence electrons. The number of fused-ring (bicyclic) bond motifs is 10. The van der Waals surface area contributed by atoms with Crippen LogP contribution in [-0.4, -0.2) is 21.1 Å². The zero-order valence-electron chi connectivity index (χ0n) is 27.3. The van der Waals surface area contributed by atoms with Crippen molar-refractivity contribution in [3.63, 3.8) is 0 Å². The van der Waals surface area contributed by atoms with E-state index >= 15 is 0 Å². The number of hydrogen-bond donors (Lipinski definition) is 1. The van der Waals surface area contributed by atoms with E-state index in [1.54, 1.807) is 0 Å². The summed E-state index contributed by atoms with van der Waals surface area (Å²) in [7, 11) is 0. The average Bonchev–Trinajstić information content (AvgIpc) is 3.59. The maximum Gasteiger partial charge on any atom is 0.384 e. The van der Waals surface area contributed by atoms with Gasteiger partial charge in [-0.15, -0.1) is 0 Å². The Morgan fingerprint density at radius 2 is 1.42 bits per heavy atom. The molecule has 2 N–H and O–H groups in total. The van der Waals surface area contributed by atoms with Gasteiger partial charge in [0, 0.05) is 39.4 Å². The Hall–Kier alpha value is -5.51. The van der Waals surface area contributed by atoms with Crippen LogP contribution >= 0.6 is 0 Å². The molecule has 2 heterocycles. The fourth-order valence-electron chi connectivity index (χ4n) is 8.85. The number of hydrogen-bond acceptors (Lipinski definition) is 0. The molecule has 10 rings (SSSR count).